The number of carbonyl (C=O) groups is 1. The molecule has 12 heteroatoms. The molecule has 1 fully saturated rings. The fourth-order valence-corrected chi connectivity index (χ4v) is 5.13. The first kappa shape index (κ1) is 21.1. The first-order chi connectivity index (χ1) is 14.1. The lowest BCUT2D eigenvalue weighted by atomic mass is 10.2. The Bertz CT molecular complexity index is 1130. The van der Waals surface area contributed by atoms with E-state index in [1.165, 1.54) is 30.5 Å². The van der Waals surface area contributed by atoms with Gasteiger partial charge >= 0.3 is 0 Å². The highest BCUT2D eigenvalue weighted by molar-refractivity contribution is 7.92. The number of sulfonamides is 1. The smallest absolute Gasteiger partial charge is 0.267 e. The highest BCUT2D eigenvalue weighted by atomic mass is 35.5. The Labute approximate surface area is 181 Å². The van der Waals surface area contributed by atoms with Gasteiger partial charge in [-0.2, -0.15) is 0 Å². The Hall–Kier alpha value is -2.17. The van der Waals surface area contributed by atoms with Gasteiger partial charge in [-0.05, 0) is 24.3 Å². The van der Waals surface area contributed by atoms with Crippen molar-refractivity contribution in [3.8, 4) is 5.88 Å². The maximum Gasteiger partial charge on any atom is 0.267 e. The lowest BCUT2D eigenvalue weighted by molar-refractivity contribution is 0.0120. The third-order valence-corrected chi connectivity index (χ3v) is 7.37. The van der Waals surface area contributed by atoms with E-state index in [0.717, 1.165) is 9.21 Å². The molecule has 0 atom stereocenters. The third-order valence-electron chi connectivity index (χ3n) is 4.82. The molecule has 0 aliphatic carbocycles. The van der Waals surface area contributed by atoms with E-state index in [1.54, 1.807) is 0 Å². The molecule has 0 N–H and O–H groups in total. The third kappa shape index (κ3) is 3.79. The SMILES string of the molecule is O=C(c1cnc2c(c1)N(S(=O)(=O)c1ccc(Cl)c(Cl)c1)CCO2)N1CCC(F)(F)C1. The molecule has 160 valence electrons. The number of ether oxygens (including phenoxy) is 1. The van der Waals surface area contributed by atoms with Gasteiger partial charge in [0.25, 0.3) is 21.9 Å². The molecule has 2 aliphatic rings. The Morgan fingerprint density at radius 1 is 1.17 bits per heavy atom. The summed E-state index contributed by atoms with van der Waals surface area (Å²) in [6.45, 7) is -0.766. The van der Waals surface area contributed by atoms with Crippen LogP contribution < -0.4 is 9.04 Å². The van der Waals surface area contributed by atoms with Crippen LogP contribution in [0, 0.1) is 0 Å². The fraction of sp³-hybridized carbons (Fsp3) is 0.333. The van der Waals surface area contributed by atoms with Crippen LogP contribution in [0.2, 0.25) is 10.0 Å². The molecule has 4 rings (SSSR count). The van der Waals surface area contributed by atoms with Gasteiger partial charge in [0.15, 0.2) is 0 Å². The van der Waals surface area contributed by atoms with Crippen LogP contribution >= 0.6 is 23.2 Å². The number of halogens is 4. The molecule has 2 aromatic rings. The van der Waals surface area contributed by atoms with Crippen molar-refractivity contribution in [1.29, 1.82) is 0 Å². The van der Waals surface area contributed by atoms with Gasteiger partial charge < -0.3 is 9.64 Å². The summed E-state index contributed by atoms with van der Waals surface area (Å²) in [7, 11) is -4.07. The highest BCUT2D eigenvalue weighted by Crippen LogP contribution is 2.36. The van der Waals surface area contributed by atoms with Crippen molar-refractivity contribution in [3.05, 3.63) is 46.1 Å². The molecule has 0 radical (unpaired) electrons. The van der Waals surface area contributed by atoms with Crippen molar-refractivity contribution in [3.63, 3.8) is 0 Å². The van der Waals surface area contributed by atoms with E-state index in [9.17, 15) is 22.0 Å². The molecule has 30 heavy (non-hydrogen) atoms. The van der Waals surface area contributed by atoms with Crippen molar-refractivity contribution in [1.82, 2.24) is 9.88 Å². The van der Waals surface area contributed by atoms with Gasteiger partial charge in [0.2, 0.25) is 5.88 Å². The second-order valence-corrected chi connectivity index (χ2v) is 9.56. The Balaban J connectivity index is 1.70. The van der Waals surface area contributed by atoms with Crippen molar-refractivity contribution >= 4 is 44.8 Å². The highest BCUT2D eigenvalue weighted by Gasteiger charge is 2.41. The van der Waals surface area contributed by atoms with Gasteiger partial charge in [0, 0.05) is 19.2 Å². The van der Waals surface area contributed by atoms with E-state index in [2.05, 4.69) is 4.98 Å². The molecule has 1 aromatic heterocycles. The van der Waals surface area contributed by atoms with Crippen LogP contribution in [-0.4, -0.2) is 56.4 Å². The molecule has 7 nitrogen and oxygen atoms in total. The number of hydrogen-bond acceptors (Lipinski definition) is 5. The number of alkyl halides is 2. The summed E-state index contributed by atoms with van der Waals surface area (Å²) in [6.07, 6.45) is 0.769. The number of aromatic nitrogens is 1. The summed E-state index contributed by atoms with van der Waals surface area (Å²) < 4.78 is 59.8. The molecular formula is C18H15Cl2F2N3O4S. The normalized spacial score (nSPS) is 18.1. The van der Waals surface area contributed by atoms with Crippen molar-refractivity contribution < 1.29 is 26.7 Å². The van der Waals surface area contributed by atoms with Crippen molar-refractivity contribution in [2.45, 2.75) is 17.2 Å². The minimum Gasteiger partial charge on any atom is -0.474 e. The summed E-state index contributed by atoms with van der Waals surface area (Å²) >= 11 is 11.8. The molecule has 3 heterocycles. The summed E-state index contributed by atoms with van der Waals surface area (Å²) in [4.78, 5) is 17.6. The quantitative estimate of drug-likeness (QED) is 0.676. The zero-order chi connectivity index (χ0) is 21.7. The molecule has 1 aromatic carbocycles. The minimum atomic E-state index is -4.07. The number of fused-ring (bicyclic) bond motifs is 1. The van der Waals surface area contributed by atoms with E-state index >= 15 is 0 Å². The summed E-state index contributed by atoms with van der Waals surface area (Å²) in [5, 5.41) is 0.276. The van der Waals surface area contributed by atoms with Gasteiger partial charge in [0.05, 0.1) is 33.6 Å². The predicted molar refractivity (Wildman–Crippen MR) is 106 cm³/mol. The van der Waals surface area contributed by atoms with E-state index in [4.69, 9.17) is 27.9 Å². The standard InChI is InChI=1S/C18H15Cl2F2N3O4S/c19-13-2-1-12(8-14(13)20)30(27,28)25-5-6-29-16-15(25)7-11(9-23-16)17(26)24-4-3-18(21,22)10-24/h1-2,7-9H,3-6,10H2. The molecule has 0 spiro atoms. The Kier molecular flexibility index (Phi) is 5.27. The topological polar surface area (TPSA) is 79.8 Å². The molecular weight excluding hydrogens is 463 g/mol. The molecule has 0 saturated carbocycles. The van der Waals surface area contributed by atoms with Crippen molar-refractivity contribution in [2.24, 2.45) is 0 Å². The Morgan fingerprint density at radius 2 is 1.93 bits per heavy atom. The van der Waals surface area contributed by atoms with Crippen LogP contribution in [0.1, 0.15) is 16.8 Å². The average molecular weight is 478 g/mol. The zero-order valence-electron chi connectivity index (χ0n) is 15.3. The summed E-state index contributed by atoms with van der Waals surface area (Å²) in [6, 6.07) is 5.19. The predicted octanol–water partition coefficient (Wildman–Crippen LogP) is 3.46. The fourth-order valence-electron chi connectivity index (χ4n) is 3.30. The van der Waals surface area contributed by atoms with Gasteiger partial charge in [-0.3, -0.25) is 9.10 Å². The molecule has 0 bridgehead atoms. The molecule has 0 unspecified atom stereocenters. The van der Waals surface area contributed by atoms with Crippen molar-refractivity contribution in [2.75, 3.05) is 30.5 Å². The van der Waals surface area contributed by atoms with E-state index in [1.807, 2.05) is 0 Å². The van der Waals surface area contributed by atoms with Crippen LogP contribution in [0.25, 0.3) is 0 Å². The number of pyridine rings is 1. The first-order valence-electron chi connectivity index (χ1n) is 8.86. The van der Waals surface area contributed by atoms with Gasteiger partial charge in [0.1, 0.15) is 12.3 Å². The monoisotopic (exact) mass is 477 g/mol. The largest absolute Gasteiger partial charge is 0.474 e. The second-order valence-electron chi connectivity index (χ2n) is 6.88. The van der Waals surface area contributed by atoms with E-state index in [0.29, 0.717) is 0 Å². The number of anilines is 1. The summed E-state index contributed by atoms with van der Waals surface area (Å²) in [5.41, 5.74) is 0.0374. The maximum absolute atomic E-state index is 13.5. The van der Waals surface area contributed by atoms with Crippen LogP contribution in [-0.2, 0) is 10.0 Å². The molecule has 1 saturated heterocycles. The minimum absolute atomic E-state index is 0.00807. The number of nitrogens with zero attached hydrogens (tertiary/aromatic N) is 3. The second kappa shape index (κ2) is 7.51. The number of likely N-dealkylation sites (tertiary alicyclic amines) is 1. The van der Waals surface area contributed by atoms with E-state index < -0.39 is 34.8 Å². The number of benzene rings is 1. The summed E-state index contributed by atoms with van der Waals surface area (Å²) in [5.74, 6) is -3.57. The Morgan fingerprint density at radius 3 is 2.60 bits per heavy atom. The number of hydrogen-bond donors (Lipinski definition) is 0. The lowest BCUT2D eigenvalue weighted by Gasteiger charge is -2.30. The van der Waals surface area contributed by atoms with E-state index in [-0.39, 0.29) is 51.8 Å². The number of carbonyl (C=O) groups excluding carboxylic acids is 1. The van der Waals surface area contributed by atoms with Crippen LogP contribution in [0.15, 0.2) is 35.4 Å². The number of rotatable bonds is 3. The molecule has 2 aliphatic heterocycles. The van der Waals surface area contributed by atoms with Crippen LogP contribution in [0.4, 0.5) is 14.5 Å². The first-order valence-corrected chi connectivity index (χ1v) is 11.1. The average Bonchev–Trinajstić information content (AvgIpc) is 3.08. The van der Waals surface area contributed by atoms with Gasteiger partial charge in [-0.25, -0.2) is 22.2 Å². The van der Waals surface area contributed by atoms with Gasteiger partial charge in [-0.15, -0.1) is 0 Å². The van der Waals surface area contributed by atoms with Crippen LogP contribution in [0.5, 0.6) is 5.88 Å². The van der Waals surface area contributed by atoms with Crippen LogP contribution in [0.3, 0.4) is 0 Å². The maximum atomic E-state index is 13.5. The lowest BCUT2D eigenvalue weighted by Crippen LogP contribution is -2.38. The number of amides is 1. The van der Waals surface area contributed by atoms with Gasteiger partial charge in [-0.1, -0.05) is 23.2 Å². The zero-order valence-corrected chi connectivity index (χ0v) is 17.6. The molecule has 1 amide bonds.